The van der Waals surface area contributed by atoms with Crippen molar-refractivity contribution >= 4 is 34.6 Å². The number of benzene rings is 1. The summed E-state index contributed by atoms with van der Waals surface area (Å²) in [5.41, 5.74) is 0.314. The minimum Gasteiger partial charge on any atom is -0.379 e. The van der Waals surface area contributed by atoms with Crippen LogP contribution in [0.2, 0.25) is 10.0 Å². The van der Waals surface area contributed by atoms with Crippen molar-refractivity contribution in [1.29, 1.82) is 0 Å². The zero-order valence-corrected chi connectivity index (χ0v) is 10.8. The normalized spacial score (nSPS) is 10.8. The van der Waals surface area contributed by atoms with Crippen LogP contribution < -0.4 is 5.32 Å². The molecule has 0 saturated heterocycles. The van der Waals surface area contributed by atoms with Crippen LogP contribution in [0.5, 0.6) is 0 Å². The van der Waals surface area contributed by atoms with E-state index in [0.29, 0.717) is 17.3 Å². The summed E-state index contributed by atoms with van der Waals surface area (Å²) in [7, 11) is 0. The Morgan fingerprint density at radius 2 is 2.06 bits per heavy atom. The van der Waals surface area contributed by atoms with Crippen molar-refractivity contribution in [3.05, 3.63) is 44.4 Å². The monoisotopic (exact) mass is 274 g/mol. The second-order valence-corrected chi connectivity index (χ2v) is 4.14. The maximum atomic E-state index is 10.8. The molecule has 92 valence electrons. The second kappa shape index (κ2) is 6.47. The Morgan fingerprint density at radius 3 is 2.65 bits per heavy atom. The van der Waals surface area contributed by atoms with Crippen molar-refractivity contribution in [2.75, 3.05) is 11.9 Å². The first-order chi connectivity index (χ1) is 8.06. The summed E-state index contributed by atoms with van der Waals surface area (Å²) in [6.45, 7) is 2.52. The number of rotatable bonds is 5. The Bertz CT molecular complexity index is 447. The molecular weight excluding hydrogens is 263 g/mol. The third kappa shape index (κ3) is 3.91. The number of nitrogens with zero attached hydrogens (tertiary/aromatic N) is 1. The molecule has 1 rings (SSSR count). The first-order valence-corrected chi connectivity index (χ1v) is 5.80. The summed E-state index contributed by atoms with van der Waals surface area (Å²) >= 11 is 11.6. The van der Waals surface area contributed by atoms with Gasteiger partial charge >= 0.3 is 0 Å². The predicted molar refractivity (Wildman–Crippen MR) is 71.0 cm³/mol. The molecule has 0 heterocycles. The third-order valence-corrected chi connectivity index (χ3v) is 2.82. The number of hydrogen-bond donors (Lipinski definition) is 1. The lowest BCUT2D eigenvalue weighted by atomic mass is 10.2. The van der Waals surface area contributed by atoms with Crippen LogP contribution >= 0.6 is 23.2 Å². The second-order valence-electron chi connectivity index (χ2n) is 3.33. The van der Waals surface area contributed by atoms with E-state index >= 15 is 0 Å². The summed E-state index contributed by atoms with van der Waals surface area (Å²) < 4.78 is 0. The van der Waals surface area contributed by atoms with Crippen LogP contribution in [-0.4, -0.2) is 11.5 Å². The highest BCUT2D eigenvalue weighted by atomic mass is 35.5. The lowest BCUT2D eigenvalue weighted by molar-refractivity contribution is -0.383. The number of halogens is 2. The fourth-order valence-corrected chi connectivity index (χ4v) is 1.61. The van der Waals surface area contributed by atoms with Gasteiger partial charge in [-0.05, 0) is 19.4 Å². The Labute approximate surface area is 109 Å². The summed E-state index contributed by atoms with van der Waals surface area (Å²) in [4.78, 5) is 10.3. The first-order valence-electron chi connectivity index (χ1n) is 5.04. The van der Waals surface area contributed by atoms with Gasteiger partial charge in [-0.3, -0.25) is 10.1 Å². The summed E-state index contributed by atoms with van der Waals surface area (Å²) in [5, 5.41) is 14.3. The summed E-state index contributed by atoms with van der Waals surface area (Å²) in [6.07, 6.45) is 4.68. The molecule has 0 aromatic heterocycles. The smallest absolute Gasteiger partial charge is 0.293 e. The molecule has 0 aliphatic rings. The average Bonchev–Trinajstić information content (AvgIpc) is 2.28. The van der Waals surface area contributed by atoms with Gasteiger partial charge in [0.15, 0.2) is 0 Å². The maximum Gasteiger partial charge on any atom is 0.293 e. The van der Waals surface area contributed by atoms with Crippen LogP contribution in [-0.2, 0) is 0 Å². The molecule has 0 bridgehead atoms. The molecule has 0 aliphatic heterocycles. The van der Waals surface area contributed by atoms with Crippen LogP contribution in [0.25, 0.3) is 0 Å². The van der Waals surface area contributed by atoms with Gasteiger partial charge in [-0.15, -0.1) is 0 Å². The zero-order valence-electron chi connectivity index (χ0n) is 9.24. The van der Waals surface area contributed by atoms with Gasteiger partial charge in [-0.25, -0.2) is 0 Å². The highest BCUT2D eigenvalue weighted by Gasteiger charge is 2.16. The molecule has 0 amide bonds. The van der Waals surface area contributed by atoms with Crippen molar-refractivity contribution < 1.29 is 4.92 Å². The lowest BCUT2D eigenvalue weighted by Gasteiger charge is -2.07. The van der Waals surface area contributed by atoms with E-state index in [2.05, 4.69) is 5.32 Å². The van der Waals surface area contributed by atoms with Gasteiger partial charge in [0.05, 0.1) is 15.0 Å². The Hall–Kier alpha value is -1.26. The summed E-state index contributed by atoms with van der Waals surface area (Å²) in [6, 6.07) is 2.72. The molecule has 0 radical (unpaired) electrons. The van der Waals surface area contributed by atoms with Crippen molar-refractivity contribution in [3.8, 4) is 0 Å². The van der Waals surface area contributed by atoms with Crippen molar-refractivity contribution in [2.24, 2.45) is 0 Å². The van der Waals surface area contributed by atoms with Gasteiger partial charge in [-0.1, -0.05) is 35.4 Å². The standard InChI is InChI=1S/C11H12Cl2N2O2/c1-2-3-4-5-14-10-6-8(12)9(13)7-11(10)15(16)17/h2-3,6-7,14H,4-5H2,1H3/b3-2+. The SMILES string of the molecule is C/C=C/CCNc1cc(Cl)c(Cl)cc1[N+](=O)[O-]. The molecule has 0 unspecified atom stereocenters. The molecule has 0 saturated carbocycles. The van der Waals surface area contributed by atoms with Gasteiger partial charge in [0.25, 0.3) is 5.69 Å². The molecule has 0 spiro atoms. The number of nitro benzene ring substituents is 1. The minimum atomic E-state index is -0.486. The highest BCUT2D eigenvalue weighted by molar-refractivity contribution is 6.42. The Kier molecular flexibility index (Phi) is 5.25. The molecule has 4 nitrogen and oxygen atoms in total. The molecule has 6 heteroatoms. The van der Waals surface area contributed by atoms with E-state index in [0.717, 1.165) is 6.42 Å². The molecule has 1 N–H and O–H groups in total. The lowest BCUT2D eigenvalue weighted by Crippen LogP contribution is -2.03. The number of nitrogens with one attached hydrogen (secondary N) is 1. The minimum absolute atomic E-state index is 0.0696. The molecule has 0 atom stereocenters. The number of allylic oxidation sites excluding steroid dienone is 1. The van der Waals surface area contributed by atoms with E-state index in [1.54, 1.807) is 0 Å². The van der Waals surface area contributed by atoms with Crippen LogP contribution in [0.1, 0.15) is 13.3 Å². The number of hydrogen-bond acceptors (Lipinski definition) is 3. The highest BCUT2D eigenvalue weighted by Crippen LogP contribution is 2.33. The van der Waals surface area contributed by atoms with E-state index in [9.17, 15) is 10.1 Å². The van der Waals surface area contributed by atoms with Gasteiger partial charge in [0.1, 0.15) is 5.69 Å². The van der Waals surface area contributed by atoms with E-state index in [1.807, 2.05) is 19.1 Å². The van der Waals surface area contributed by atoms with Crippen molar-refractivity contribution in [1.82, 2.24) is 0 Å². The number of nitro groups is 1. The van der Waals surface area contributed by atoms with Crippen LogP contribution in [0, 0.1) is 10.1 Å². The van der Waals surface area contributed by atoms with E-state index in [4.69, 9.17) is 23.2 Å². The topological polar surface area (TPSA) is 55.2 Å². The Balaban J connectivity index is 2.88. The van der Waals surface area contributed by atoms with Gasteiger partial charge < -0.3 is 5.32 Å². The first kappa shape index (κ1) is 13.8. The molecule has 1 aromatic rings. The quantitative estimate of drug-likeness (QED) is 0.377. The van der Waals surface area contributed by atoms with E-state index < -0.39 is 4.92 Å². The fraction of sp³-hybridized carbons (Fsp3) is 0.273. The fourth-order valence-electron chi connectivity index (χ4n) is 1.29. The van der Waals surface area contributed by atoms with Crippen LogP contribution in [0.15, 0.2) is 24.3 Å². The molecular formula is C11H12Cl2N2O2. The largest absolute Gasteiger partial charge is 0.379 e. The van der Waals surface area contributed by atoms with E-state index in [1.165, 1.54) is 12.1 Å². The molecule has 0 fully saturated rings. The van der Waals surface area contributed by atoms with Crippen LogP contribution in [0.4, 0.5) is 11.4 Å². The molecule has 0 aliphatic carbocycles. The average molecular weight is 275 g/mol. The number of anilines is 1. The third-order valence-electron chi connectivity index (χ3n) is 2.10. The van der Waals surface area contributed by atoms with Crippen molar-refractivity contribution in [3.63, 3.8) is 0 Å². The zero-order chi connectivity index (χ0) is 12.8. The van der Waals surface area contributed by atoms with Gasteiger partial charge in [0, 0.05) is 12.6 Å². The van der Waals surface area contributed by atoms with Gasteiger partial charge in [-0.2, -0.15) is 0 Å². The Morgan fingerprint density at radius 1 is 1.41 bits per heavy atom. The predicted octanol–water partition coefficient (Wildman–Crippen LogP) is 4.28. The molecule has 1 aromatic carbocycles. The van der Waals surface area contributed by atoms with Crippen molar-refractivity contribution in [2.45, 2.75) is 13.3 Å². The summed E-state index contributed by atoms with van der Waals surface area (Å²) in [5.74, 6) is 0. The van der Waals surface area contributed by atoms with Crippen LogP contribution in [0.3, 0.4) is 0 Å². The van der Waals surface area contributed by atoms with E-state index in [-0.39, 0.29) is 10.7 Å². The van der Waals surface area contributed by atoms with Gasteiger partial charge in [0.2, 0.25) is 0 Å². The maximum absolute atomic E-state index is 10.8. The molecule has 17 heavy (non-hydrogen) atoms.